The van der Waals surface area contributed by atoms with Gasteiger partial charge in [0, 0.05) is 22.9 Å². The SMILES string of the molecule is Cc1cccc(NC(=O)NC2N=C(C3CCCCCC3)c3ccccc3NC2=O)c1. The zero-order valence-electron chi connectivity index (χ0n) is 17.3. The van der Waals surface area contributed by atoms with Gasteiger partial charge in [0.25, 0.3) is 5.91 Å². The van der Waals surface area contributed by atoms with Gasteiger partial charge in [-0.25, -0.2) is 4.79 Å². The van der Waals surface area contributed by atoms with Crippen LogP contribution in [-0.2, 0) is 4.79 Å². The fourth-order valence-electron chi connectivity index (χ4n) is 4.27. The average Bonchev–Trinajstić information content (AvgIpc) is 3.07. The zero-order chi connectivity index (χ0) is 20.9. The summed E-state index contributed by atoms with van der Waals surface area (Å²) in [6.45, 7) is 1.96. The molecule has 0 radical (unpaired) electrons. The van der Waals surface area contributed by atoms with Gasteiger partial charge in [0.2, 0.25) is 6.17 Å². The molecule has 1 fully saturated rings. The molecule has 6 heteroatoms. The first-order valence-electron chi connectivity index (χ1n) is 10.7. The van der Waals surface area contributed by atoms with Gasteiger partial charge in [-0.05, 0) is 43.5 Å². The van der Waals surface area contributed by atoms with Crippen molar-refractivity contribution in [3.63, 3.8) is 0 Å². The van der Waals surface area contributed by atoms with Crippen LogP contribution in [0.25, 0.3) is 0 Å². The van der Waals surface area contributed by atoms with Crippen LogP contribution >= 0.6 is 0 Å². The maximum atomic E-state index is 12.9. The molecule has 1 atom stereocenters. The second-order valence-corrected chi connectivity index (χ2v) is 8.11. The van der Waals surface area contributed by atoms with E-state index in [9.17, 15) is 9.59 Å². The van der Waals surface area contributed by atoms with Crippen molar-refractivity contribution >= 4 is 29.0 Å². The van der Waals surface area contributed by atoms with Gasteiger partial charge in [0.15, 0.2) is 0 Å². The first-order chi connectivity index (χ1) is 14.6. The number of benzene rings is 2. The number of fused-ring (bicyclic) bond motifs is 1. The summed E-state index contributed by atoms with van der Waals surface area (Å²) >= 11 is 0. The summed E-state index contributed by atoms with van der Waals surface area (Å²) in [4.78, 5) is 30.2. The Balaban J connectivity index is 1.59. The molecule has 2 aliphatic rings. The highest BCUT2D eigenvalue weighted by Gasteiger charge is 2.30. The number of carbonyl (C=O) groups is 2. The van der Waals surface area contributed by atoms with Crippen LogP contribution in [0.2, 0.25) is 0 Å². The summed E-state index contributed by atoms with van der Waals surface area (Å²) in [5.41, 5.74) is 4.36. The summed E-state index contributed by atoms with van der Waals surface area (Å²) in [5.74, 6) is -0.0315. The van der Waals surface area contributed by atoms with Crippen molar-refractivity contribution in [2.75, 3.05) is 10.6 Å². The first-order valence-corrected chi connectivity index (χ1v) is 10.7. The van der Waals surface area contributed by atoms with Crippen molar-refractivity contribution in [3.05, 3.63) is 59.7 Å². The van der Waals surface area contributed by atoms with Crippen molar-refractivity contribution in [2.24, 2.45) is 10.9 Å². The van der Waals surface area contributed by atoms with Crippen LogP contribution in [0, 0.1) is 12.8 Å². The van der Waals surface area contributed by atoms with E-state index in [0.717, 1.165) is 35.4 Å². The molecule has 1 saturated carbocycles. The van der Waals surface area contributed by atoms with Crippen molar-refractivity contribution in [2.45, 2.75) is 51.6 Å². The van der Waals surface area contributed by atoms with E-state index in [1.54, 1.807) is 0 Å². The average molecular weight is 405 g/mol. The minimum Gasteiger partial charge on any atom is -0.322 e. The molecule has 0 aromatic heterocycles. The maximum Gasteiger partial charge on any atom is 0.321 e. The Morgan fingerprint density at radius 1 is 1.03 bits per heavy atom. The molecule has 0 bridgehead atoms. The first kappa shape index (κ1) is 20.1. The van der Waals surface area contributed by atoms with Crippen molar-refractivity contribution < 1.29 is 9.59 Å². The molecule has 0 spiro atoms. The zero-order valence-corrected chi connectivity index (χ0v) is 17.3. The highest BCUT2D eigenvalue weighted by molar-refractivity contribution is 6.13. The molecule has 1 unspecified atom stereocenters. The lowest BCUT2D eigenvalue weighted by molar-refractivity contribution is -0.117. The Bertz CT molecular complexity index is 961. The Kier molecular flexibility index (Phi) is 6.12. The molecular weight excluding hydrogens is 376 g/mol. The van der Waals surface area contributed by atoms with Gasteiger partial charge in [-0.2, -0.15) is 0 Å². The highest BCUT2D eigenvalue weighted by atomic mass is 16.2. The summed E-state index contributed by atoms with van der Waals surface area (Å²) in [6.07, 6.45) is 5.96. The van der Waals surface area contributed by atoms with Crippen molar-refractivity contribution in [1.82, 2.24) is 5.32 Å². The number of nitrogens with zero attached hydrogens (tertiary/aromatic N) is 1. The molecule has 4 rings (SSSR count). The third-order valence-electron chi connectivity index (χ3n) is 5.76. The van der Waals surface area contributed by atoms with Crippen LogP contribution in [0.4, 0.5) is 16.2 Å². The molecule has 6 nitrogen and oxygen atoms in total. The van der Waals surface area contributed by atoms with Crippen LogP contribution < -0.4 is 16.0 Å². The van der Waals surface area contributed by atoms with Gasteiger partial charge in [-0.3, -0.25) is 9.79 Å². The van der Waals surface area contributed by atoms with Gasteiger partial charge in [-0.1, -0.05) is 56.0 Å². The molecule has 30 heavy (non-hydrogen) atoms. The highest BCUT2D eigenvalue weighted by Crippen LogP contribution is 2.31. The van der Waals surface area contributed by atoms with E-state index >= 15 is 0 Å². The van der Waals surface area contributed by atoms with Crippen LogP contribution in [0.1, 0.15) is 49.7 Å². The lowest BCUT2D eigenvalue weighted by atomic mass is 9.89. The minimum atomic E-state index is -0.972. The number of nitrogens with one attached hydrogen (secondary N) is 3. The molecule has 1 heterocycles. The molecule has 3 amide bonds. The number of aryl methyl sites for hydroxylation is 1. The third-order valence-corrected chi connectivity index (χ3v) is 5.76. The van der Waals surface area contributed by atoms with Crippen molar-refractivity contribution in [3.8, 4) is 0 Å². The lowest BCUT2D eigenvalue weighted by Gasteiger charge is -2.19. The normalized spacial score (nSPS) is 19.6. The molecule has 3 N–H and O–H groups in total. The summed E-state index contributed by atoms with van der Waals surface area (Å²) < 4.78 is 0. The molecule has 2 aromatic rings. The van der Waals surface area contributed by atoms with E-state index < -0.39 is 12.2 Å². The van der Waals surface area contributed by atoms with Gasteiger partial charge in [0.05, 0.1) is 5.71 Å². The Morgan fingerprint density at radius 3 is 2.57 bits per heavy atom. The number of para-hydroxylation sites is 1. The molecule has 2 aromatic carbocycles. The predicted octanol–water partition coefficient (Wildman–Crippen LogP) is 4.85. The number of urea groups is 1. The van der Waals surface area contributed by atoms with Crippen LogP contribution in [0.15, 0.2) is 53.5 Å². The van der Waals surface area contributed by atoms with E-state index in [0.29, 0.717) is 11.6 Å². The number of aliphatic imine (C=N–C) groups is 1. The summed E-state index contributed by atoms with van der Waals surface area (Å²) in [5, 5.41) is 8.48. The van der Waals surface area contributed by atoms with Gasteiger partial charge < -0.3 is 16.0 Å². The number of carbonyl (C=O) groups excluding carboxylic acids is 2. The molecular formula is C24H28N4O2. The topological polar surface area (TPSA) is 82.6 Å². The van der Waals surface area contributed by atoms with E-state index in [4.69, 9.17) is 4.99 Å². The fourth-order valence-corrected chi connectivity index (χ4v) is 4.27. The number of anilines is 2. The Labute approximate surface area is 177 Å². The van der Waals surface area contributed by atoms with E-state index in [1.165, 1.54) is 25.7 Å². The largest absolute Gasteiger partial charge is 0.322 e. The second-order valence-electron chi connectivity index (χ2n) is 8.11. The molecule has 1 aliphatic heterocycles. The van der Waals surface area contributed by atoms with Crippen LogP contribution in [0.3, 0.4) is 0 Å². The smallest absolute Gasteiger partial charge is 0.321 e. The van der Waals surface area contributed by atoms with Gasteiger partial charge >= 0.3 is 6.03 Å². The molecule has 156 valence electrons. The number of hydrogen-bond acceptors (Lipinski definition) is 3. The predicted molar refractivity (Wildman–Crippen MR) is 120 cm³/mol. The van der Waals surface area contributed by atoms with Gasteiger partial charge in [-0.15, -0.1) is 0 Å². The Hall–Kier alpha value is -3.15. The van der Waals surface area contributed by atoms with E-state index in [2.05, 4.69) is 16.0 Å². The summed E-state index contributed by atoms with van der Waals surface area (Å²) in [6, 6.07) is 14.9. The molecule has 1 aliphatic carbocycles. The summed E-state index contributed by atoms with van der Waals surface area (Å²) in [7, 11) is 0. The number of amides is 3. The maximum absolute atomic E-state index is 12.9. The second kappa shape index (κ2) is 9.11. The van der Waals surface area contributed by atoms with Crippen LogP contribution in [0.5, 0.6) is 0 Å². The van der Waals surface area contributed by atoms with Crippen molar-refractivity contribution in [1.29, 1.82) is 0 Å². The van der Waals surface area contributed by atoms with Crippen LogP contribution in [-0.4, -0.2) is 23.8 Å². The lowest BCUT2D eigenvalue weighted by Crippen LogP contribution is -2.44. The minimum absolute atomic E-state index is 0.297. The quantitative estimate of drug-likeness (QED) is 0.639. The fraction of sp³-hybridized carbons (Fsp3) is 0.375. The van der Waals surface area contributed by atoms with E-state index in [-0.39, 0.29) is 5.91 Å². The number of hydrogen-bond donors (Lipinski definition) is 3. The standard InChI is InChI=1S/C24H28N4O2/c1-16-9-8-12-18(15-16)25-24(30)28-22-23(29)26-20-14-7-6-13-19(20)21(27-22)17-10-4-2-3-5-11-17/h6-9,12-15,17,22H,2-5,10-11H2,1H3,(H,26,29)(H2,25,28,30). The van der Waals surface area contributed by atoms with E-state index in [1.807, 2.05) is 55.5 Å². The molecule has 0 saturated heterocycles. The number of rotatable bonds is 3. The van der Waals surface area contributed by atoms with Gasteiger partial charge in [0.1, 0.15) is 0 Å². The third kappa shape index (κ3) is 4.70. The number of benzodiazepines with no additional fused rings is 1. The monoisotopic (exact) mass is 404 g/mol. The Morgan fingerprint density at radius 2 is 1.80 bits per heavy atom.